The summed E-state index contributed by atoms with van der Waals surface area (Å²) < 4.78 is 61.6. The zero-order valence-electron chi connectivity index (χ0n) is 13.8. The van der Waals surface area contributed by atoms with E-state index >= 15 is 0 Å². The fourth-order valence-corrected chi connectivity index (χ4v) is 5.77. The van der Waals surface area contributed by atoms with Gasteiger partial charge in [0.2, 0.25) is 15.9 Å². The van der Waals surface area contributed by atoms with Crippen LogP contribution in [-0.4, -0.2) is 63.9 Å². The molecule has 1 aliphatic heterocycles. The zero-order chi connectivity index (χ0) is 18.7. The summed E-state index contributed by atoms with van der Waals surface area (Å²) in [7, 11) is -6.83. The summed E-state index contributed by atoms with van der Waals surface area (Å²) in [6, 6.07) is 5.30. The number of benzene rings is 1. The van der Waals surface area contributed by atoms with Crippen LogP contribution in [0.25, 0.3) is 0 Å². The van der Waals surface area contributed by atoms with Crippen molar-refractivity contribution < 1.29 is 26.0 Å². The number of sulfone groups is 1. The minimum Gasteiger partial charge on any atom is -0.354 e. The predicted octanol–water partition coefficient (Wildman–Crippen LogP) is -0.0669. The van der Waals surface area contributed by atoms with Gasteiger partial charge in [0.05, 0.1) is 24.2 Å². The molecule has 1 aromatic rings. The molecular formula is C15H21FN2O5S2. The standard InChI is InChI=1S/C15H21FN2O5S2/c1-24(20,21)18(13-6-9-25(22,23)11-13)8-7-17-15(19)10-12-4-2-3-5-14(12)16/h2-5,13H,6-11H2,1H3,(H,17,19). The van der Waals surface area contributed by atoms with Gasteiger partial charge in [-0.3, -0.25) is 4.79 Å². The lowest BCUT2D eigenvalue weighted by molar-refractivity contribution is -0.120. The number of amides is 1. The van der Waals surface area contributed by atoms with E-state index in [4.69, 9.17) is 0 Å². The number of rotatable bonds is 7. The van der Waals surface area contributed by atoms with Gasteiger partial charge in [-0.05, 0) is 18.1 Å². The number of halogens is 1. The molecule has 7 nitrogen and oxygen atoms in total. The molecule has 1 aromatic carbocycles. The summed E-state index contributed by atoms with van der Waals surface area (Å²) in [5, 5.41) is 2.54. The van der Waals surface area contributed by atoms with Crippen LogP contribution in [0.2, 0.25) is 0 Å². The average molecular weight is 392 g/mol. The second kappa shape index (κ2) is 7.79. The molecule has 10 heteroatoms. The van der Waals surface area contributed by atoms with Gasteiger partial charge in [0.1, 0.15) is 5.82 Å². The normalized spacial score (nSPS) is 19.9. The van der Waals surface area contributed by atoms with Crippen molar-refractivity contribution >= 4 is 25.8 Å². The lowest BCUT2D eigenvalue weighted by Gasteiger charge is -2.25. The SMILES string of the molecule is CS(=O)(=O)N(CCNC(=O)Cc1ccccc1F)C1CCS(=O)(=O)C1. The number of carbonyl (C=O) groups excluding carboxylic acids is 1. The Hall–Kier alpha value is -1.52. The lowest BCUT2D eigenvalue weighted by atomic mass is 10.1. The van der Waals surface area contributed by atoms with Crippen LogP contribution in [0.3, 0.4) is 0 Å². The third-order valence-corrected chi connectivity index (χ3v) is 7.09. The first-order chi connectivity index (χ1) is 11.6. The lowest BCUT2D eigenvalue weighted by Crippen LogP contribution is -2.45. The monoisotopic (exact) mass is 392 g/mol. The first kappa shape index (κ1) is 19.8. The molecule has 0 spiro atoms. The van der Waals surface area contributed by atoms with Crippen LogP contribution in [0.4, 0.5) is 4.39 Å². The summed E-state index contributed by atoms with van der Waals surface area (Å²) in [6.07, 6.45) is 1.11. The molecule has 25 heavy (non-hydrogen) atoms. The number of carbonyl (C=O) groups is 1. The summed E-state index contributed by atoms with van der Waals surface area (Å²) >= 11 is 0. The molecule has 140 valence electrons. The van der Waals surface area contributed by atoms with Crippen molar-refractivity contribution in [2.75, 3.05) is 30.9 Å². The largest absolute Gasteiger partial charge is 0.354 e. The molecule has 0 aromatic heterocycles. The minimum absolute atomic E-state index is 0.0247. The summed E-state index contributed by atoms with van der Waals surface area (Å²) in [5.41, 5.74) is 0.252. The number of nitrogens with one attached hydrogen (secondary N) is 1. The van der Waals surface area contributed by atoms with Gasteiger partial charge >= 0.3 is 0 Å². The van der Waals surface area contributed by atoms with E-state index in [1.807, 2.05) is 0 Å². The Morgan fingerprint density at radius 2 is 2.04 bits per heavy atom. The number of sulfonamides is 1. The zero-order valence-corrected chi connectivity index (χ0v) is 15.4. The maximum Gasteiger partial charge on any atom is 0.224 e. The Morgan fingerprint density at radius 3 is 2.60 bits per heavy atom. The molecule has 1 atom stereocenters. The average Bonchev–Trinajstić information content (AvgIpc) is 2.84. The van der Waals surface area contributed by atoms with Gasteiger partial charge < -0.3 is 5.32 Å². The topological polar surface area (TPSA) is 101 Å². The Bertz CT molecular complexity index is 839. The predicted molar refractivity (Wildman–Crippen MR) is 91.7 cm³/mol. The first-order valence-corrected chi connectivity index (χ1v) is 11.4. The molecule has 2 rings (SSSR count). The van der Waals surface area contributed by atoms with Crippen molar-refractivity contribution in [3.05, 3.63) is 35.6 Å². The van der Waals surface area contributed by atoms with E-state index in [2.05, 4.69) is 5.32 Å². The van der Waals surface area contributed by atoms with Crippen LogP contribution >= 0.6 is 0 Å². The maximum atomic E-state index is 13.5. The van der Waals surface area contributed by atoms with Crippen LogP contribution in [0.15, 0.2) is 24.3 Å². The van der Waals surface area contributed by atoms with E-state index in [-0.39, 0.29) is 43.0 Å². The van der Waals surface area contributed by atoms with Crippen molar-refractivity contribution in [1.82, 2.24) is 9.62 Å². The van der Waals surface area contributed by atoms with Crippen LogP contribution in [0, 0.1) is 5.82 Å². The molecule has 1 N–H and O–H groups in total. The molecule has 1 unspecified atom stereocenters. The molecule has 0 bridgehead atoms. The van der Waals surface area contributed by atoms with E-state index < -0.39 is 37.6 Å². The van der Waals surface area contributed by atoms with Gasteiger partial charge in [0, 0.05) is 19.1 Å². The Kier molecular flexibility index (Phi) is 6.17. The Morgan fingerprint density at radius 1 is 1.36 bits per heavy atom. The third kappa shape index (κ3) is 5.75. The van der Waals surface area contributed by atoms with Gasteiger partial charge in [0.25, 0.3) is 0 Å². The van der Waals surface area contributed by atoms with Gasteiger partial charge in [-0.25, -0.2) is 21.2 Å². The van der Waals surface area contributed by atoms with E-state index in [0.717, 1.165) is 10.6 Å². The molecule has 1 saturated heterocycles. The van der Waals surface area contributed by atoms with Crippen molar-refractivity contribution in [3.63, 3.8) is 0 Å². The number of hydrogen-bond donors (Lipinski definition) is 1. The van der Waals surface area contributed by atoms with Gasteiger partial charge in [-0.2, -0.15) is 4.31 Å². The van der Waals surface area contributed by atoms with E-state index in [9.17, 15) is 26.0 Å². The van der Waals surface area contributed by atoms with Crippen LogP contribution < -0.4 is 5.32 Å². The van der Waals surface area contributed by atoms with Gasteiger partial charge in [-0.15, -0.1) is 0 Å². The molecular weight excluding hydrogens is 371 g/mol. The van der Waals surface area contributed by atoms with Crippen molar-refractivity contribution in [2.45, 2.75) is 18.9 Å². The molecule has 0 saturated carbocycles. The van der Waals surface area contributed by atoms with E-state index in [1.54, 1.807) is 6.07 Å². The second-order valence-electron chi connectivity index (χ2n) is 6.05. The quantitative estimate of drug-likeness (QED) is 0.700. The van der Waals surface area contributed by atoms with Gasteiger partial charge in [-0.1, -0.05) is 18.2 Å². The summed E-state index contributed by atoms with van der Waals surface area (Å²) in [5.74, 6) is -1.16. The van der Waals surface area contributed by atoms with Crippen molar-refractivity contribution in [1.29, 1.82) is 0 Å². The smallest absolute Gasteiger partial charge is 0.224 e. The van der Waals surface area contributed by atoms with E-state index in [0.29, 0.717) is 0 Å². The second-order valence-corrected chi connectivity index (χ2v) is 10.2. The Labute approximate surface area is 147 Å². The highest BCUT2D eigenvalue weighted by Gasteiger charge is 2.36. The van der Waals surface area contributed by atoms with Crippen molar-refractivity contribution in [3.8, 4) is 0 Å². The highest BCUT2D eigenvalue weighted by molar-refractivity contribution is 7.92. The van der Waals surface area contributed by atoms with Gasteiger partial charge in [0.15, 0.2) is 9.84 Å². The summed E-state index contributed by atoms with van der Waals surface area (Å²) in [4.78, 5) is 11.9. The molecule has 0 radical (unpaired) electrons. The number of hydrogen-bond acceptors (Lipinski definition) is 5. The fraction of sp³-hybridized carbons (Fsp3) is 0.533. The summed E-state index contributed by atoms with van der Waals surface area (Å²) in [6.45, 7) is -0.00106. The molecule has 1 heterocycles. The molecule has 0 aliphatic carbocycles. The maximum absolute atomic E-state index is 13.5. The first-order valence-electron chi connectivity index (χ1n) is 7.76. The van der Waals surface area contributed by atoms with Crippen LogP contribution in [0.5, 0.6) is 0 Å². The molecule has 1 aliphatic rings. The number of nitrogens with zero attached hydrogens (tertiary/aromatic N) is 1. The highest BCUT2D eigenvalue weighted by atomic mass is 32.2. The molecule has 1 amide bonds. The Balaban J connectivity index is 1.91. The van der Waals surface area contributed by atoms with Crippen molar-refractivity contribution in [2.24, 2.45) is 0 Å². The third-order valence-electron chi connectivity index (χ3n) is 4.00. The highest BCUT2D eigenvalue weighted by Crippen LogP contribution is 2.19. The van der Waals surface area contributed by atoms with Crippen LogP contribution in [0.1, 0.15) is 12.0 Å². The fourth-order valence-electron chi connectivity index (χ4n) is 2.80. The minimum atomic E-state index is -3.60. The van der Waals surface area contributed by atoms with Crippen LogP contribution in [-0.2, 0) is 31.1 Å². The molecule has 1 fully saturated rings. The van der Waals surface area contributed by atoms with E-state index in [1.165, 1.54) is 18.2 Å².